The molecule has 2 aromatic carbocycles. The SMILES string of the molecule is CCCc1ccc(C(N)c2ccc(Br)cc2)cc1. The Balaban J connectivity index is 2.17. The van der Waals surface area contributed by atoms with E-state index in [9.17, 15) is 0 Å². The summed E-state index contributed by atoms with van der Waals surface area (Å²) >= 11 is 3.44. The first-order valence-corrected chi connectivity index (χ1v) is 7.10. The van der Waals surface area contributed by atoms with Gasteiger partial charge in [0.05, 0.1) is 6.04 Å². The van der Waals surface area contributed by atoms with Crippen molar-refractivity contribution < 1.29 is 0 Å². The normalized spacial score (nSPS) is 12.4. The van der Waals surface area contributed by atoms with Crippen LogP contribution in [-0.2, 0) is 6.42 Å². The number of halogens is 1. The van der Waals surface area contributed by atoms with Crippen LogP contribution in [0.3, 0.4) is 0 Å². The molecule has 0 aliphatic rings. The van der Waals surface area contributed by atoms with Crippen LogP contribution >= 0.6 is 15.9 Å². The molecule has 18 heavy (non-hydrogen) atoms. The highest BCUT2D eigenvalue weighted by molar-refractivity contribution is 9.10. The highest BCUT2D eigenvalue weighted by atomic mass is 79.9. The molecule has 2 aromatic rings. The molecule has 2 rings (SSSR count). The van der Waals surface area contributed by atoms with Crippen molar-refractivity contribution in [3.63, 3.8) is 0 Å². The molecule has 0 saturated carbocycles. The first-order chi connectivity index (χ1) is 8.70. The molecule has 0 heterocycles. The summed E-state index contributed by atoms with van der Waals surface area (Å²) in [6.07, 6.45) is 2.31. The number of hydrogen-bond donors (Lipinski definition) is 1. The summed E-state index contributed by atoms with van der Waals surface area (Å²) < 4.78 is 1.08. The van der Waals surface area contributed by atoms with Crippen LogP contribution in [-0.4, -0.2) is 0 Å². The summed E-state index contributed by atoms with van der Waals surface area (Å²) in [6.45, 7) is 2.20. The van der Waals surface area contributed by atoms with Gasteiger partial charge in [-0.05, 0) is 35.2 Å². The van der Waals surface area contributed by atoms with Gasteiger partial charge in [-0.15, -0.1) is 0 Å². The quantitative estimate of drug-likeness (QED) is 0.887. The Morgan fingerprint density at radius 2 is 1.44 bits per heavy atom. The molecule has 1 atom stereocenters. The lowest BCUT2D eigenvalue weighted by atomic mass is 9.98. The van der Waals surface area contributed by atoms with Gasteiger partial charge < -0.3 is 5.73 Å². The Morgan fingerprint density at radius 3 is 1.94 bits per heavy atom. The molecular formula is C16H18BrN. The molecule has 0 spiro atoms. The fourth-order valence-corrected chi connectivity index (χ4v) is 2.31. The fraction of sp³-hybridized carbons (Fsp3) is 0.250. The Labute approximate surface area is 117 Å². The summed E-state index contributed by atoms with van der Waals surface area (Å²) in [7, 11) is 0. The van der Waals surface area contributed by atoms with Gasteiger partial charge in [-0.1, -0.05) is 65.7 Å². The van der Waals surface area contributed by atoms with Crippen molar-refractivity contribution in [3.8, 4) is 0 Å². The van der Waals surface area contributed by atoms with Crippen LogP contribution in [0.4, 0.5) is 0 Å². The molecule has 0 bridgehead atoms. The average molecular weight is 304 g/mol. The number of benzene rings is 2. The van der Waals surface area contributed by atoms with Crippen LogP contribution in [0.5, 0.6) is 0 Å². The van der Waals surface area contributed by atoms with Crippen LogP contribution < -0.4 is 5.73 Å². The van der Waals surface area contributed by atoms with E-state index in [1.54, 1.807) is 0 Å². The lowest BCUT2D eigenvalue weighted by Crippen LogP contribution is -2.11. The molecule has 0 radical (unpaired) electrons. The molecule has 0 aromatic heterocycles. The second-order valence-corrected chi connectivity index (χ2v) is 5.44. The first-order valence-electron chi connectivity index (χ1n) is 6.30. The number of aryl methyl sites for hydroxylation is 1. The van der Waals surface area contributed by atoms with Crippen molar-refractivity contribution in [2.75, 3.05) is 0 Å². The molecule has 0 saturated heterocycles. The second kappa shape index (κ2) is 6.17. The predicted octanol–water partition coefficient (Wildman–Crippen LogP) is 4.45. The zero-order valence-corrected chi connectivity index (χ0v) is 12.2. The molecule has 0 fully saturated rings. The van der Waals surface area contributed by atoms with E-state index in [1.807, 2.05) is 12.1 Å². The predicted molar refractivity (Wildman–Crippen MR) is 80.6 cm³/mol. The molecular weight excluding hydrogens is 286 g/mol. The molecule has 2 heteroatoms. The third-order valence-electron chi connectivity index (χ3n) is 3.11. The van der Waals surface area contributed by atoms with Crippen molar-refractivity contribution >= 4 is 15.9 Å². The number of hydrogen-bond acceptors (Lipinski definition) is 1. The lowest BCUT2D eigenvalue weighted by Gasteiger charge is -2.13. The van der Waals surface area contributed by atoms with Gasteiger partial charge in [0.1, 0.15) is 0 Å². The van der Waals surface area contributed by atoms with E-state index < -0.39 is 0 Å². The summed E-state index contributed by atoms with van der Waals surface area (Å²) in [5.74, 6) is 0. The van der Waals surface area contributed by atoms with Crippen LogP contribution in [0.25, 0.3) is 0 Å². The van der Waals surface area contributed by atoms with Crippen molar-refractivity contribution in [2.45, 2.75) is 25.8 Å². The second-order valence-electron chi connectivity index (χ2n) is 4.52. The van der Waals surface area contributed by atoms with Gasteiger partial charge in [0.2, 0.25) is 0 Å². The fourth-order valence-electron chi connectivity index (χ4n) is 2.04. The maximum atomic E-state index is 6.28. The minimum atomic E-state index is -0.0474. The summed E-state index contributed by atoms with van der Waals surface area (Å²) in [4.78, 5) is 0. The summed E-state index contributed by atoms with van der Waals surface area (Å²) in [5.41, 5.74) is 9.96. The largest absolute Gasteiger partial charge is 0.320 e. The van der Waals surface area contributed by atoms with Gasteiger partial charge >= 0.3 is 0 Å². The topological polar surface area (TPSA) is 26.0 Å². The van der Waals surface area contributed by atoms with E-state index in [-0.39, 0.29) is 6.04 Å². The van der Waals surface area contributed by atoms with E-state index >= 15 is 0 Å². The maximum Gasteiger partial charge on any atom is 0.0551 e. The Kier molecular flexibility index (Phi) is 4.56. The molecule has 1 nitrogen and oxygen atoms in total. The zero-order chi connectivity index (χ0) is 13.0. The van der Waals surface area contributed by atoms with E-state index in [0.717, 1.165) is 22.0 Å². The number of nitrogens with two attached hydrogens (primary N) is 1. The van der Waals surface area contributed by atoms with Crippen molar-refractivity contribution in [1.29, 1.82) is 0 Å². The maximum absolute atomic E-state index is 6.28. The van der Waals surface area contributed by atoms with E-state index in [1.165, 1.54) is 12.0 Å². The molecule has 1 unspecified atom stereocenters. The third-order valence-corrected chi connectivity index (χ3v) is 3.64. The van der Waals surface area contributed by atoms with E-state index in [0.29, 0.717) is 0 Å². The Bertz CT molecular complexity index is 488. The first kappa shape index (κ1) is 13.3. The monoisotopic (exact) mass is 303 g/mol. The minimum absolute atomic E-state index is 0.0474. The molecule has 0 aliphatic carbocycles. The lowest BCUT2D eigenvalue weighted by molar-refractivity contribution is 0.865. The highest BCUT2D eigenvalue weighted by Crippen LogP contribution is 2.22. The van der Waals surface area contributed by atoms with Crippen LogP contribution in [0.15, 0.2) is 53.0 Å². The molecule has 0 aliphatic heterocycles. The van der Waals surface area contributed by atoms with Gasteiger partial charge in [-0.2, -0.15) is 0 Å². The van der Waals surface area contributed by atoms with Gasteiger partial charge in [0.25, 0.3) is 0 Å². The zero-order valence-electron chi connectivity index (χ0n) is 10.6. The highest BCUT2D eigenvalue weighted by Gasteiger charge is 2.08. The van der Waals surface area contributed by atoms with Crippen LogP contribution in [0.1, 0.15) is 36.1 Å². The third kappa shape index (κ3) is 3.21. The number of rotatable bonds is 4. The molecule has 0 amide bonds. The van der Waals surface area contributed by atoms with Crippen molar-refractivity contribution in [2.24, 2.45) is 5.73 Å². The van der Waals surface area contributed by atoms with Gasteiger partial charge in [-0.25, -0.2) is 0 Å². The van der Waals surface area contributed by atoms with Gasteiger partial charge in [-0.3, -0.25) is 0 Å². The van der Waals surface area contributed by atoms with E-state index in [2.05, 4.69) is 59.3 Å². The van der Waals surface area contributed by atoms with Crippen LogP contribution in [0, 0.1) is 0 Å². The van der Waals surface area contributed by atoms with Crippen molar-refractivity contribution in [1.82, 2.24) is 0 Å². The molecule has 94 valence electrons. The van der Waals surface area contributed by atoms with Crippen molar-refractivity contribution in [3.05, 3.63) is 69.7 Å². The van der Waals surface area contributed by atoms with E-state index in [4.69, 9.17) is 5.73 Å². The molecule has 2 N–H and O–H groups in total. The Hall–Kier alpha value is -1.12. The average Bonchev–Trinajstić information content (AvgIpc) is 2.40. The van der Waals surface area contributed by atoms with Crippen LogP contribution in [0.2, 0.25) is 0 Å². The minimum Gasteiger partial charge on any atom is -0.320 e. The standard InChI is InChI=1S/C16H18BrN/c1-2-3-12-4-6-13(7-5-12)16(18)14-8-10-15(17)11-9-14/h4-11,16H,2-3,18H2,1H3. The smallest absolute Gasteiger partial charge is 0.0551 e. The summed E-state index contributed by atoms with van der Waals surface area (Å²) in [6, 6.07) is 16.8. The van der Waals surface area contributed by atoms with Gasteiger partial charge in [0, 0.05) is 4.47 Å². The van der Waals surface area contributed by atoms with Gasteiger partial charge in [0.15, 0.2) is 0 Å². The summed E-state index contributed by atoms with van der Waals surface area (Å²) in [5, 5.41) is 0. The Morgan fingerprint density at radius 1 is 0.944 bits per heavy atom.